The molecule has 2 heterocycles. The number of aryl methyl sites for hydroxylation is 3. The lowest BCUT2D eigenvalue weighted by Crippen LogP contribution is -2.50. The van der Waals surface area contributed by atoms with E-state index in [1.807, 2.05) is 32.0 Å². The molecular weight excluding hydrogens is 437 g/mol. The maximum atomic E-state index is 14.7. The van der Waals surface area contributed by atoms with E-state index in [-0.39, 0.29) is 17.6 Å². The Hall–Kier alpha value is -3.34. The zero-order valence-corrected chi connectivity index (χ0v) is 20.4. The molecule has 180 valence electrons. The summed E-state index contributed by atoms with van der Waals surface area (Å²) in [5.74, 6) is -0.149. The summed E-state index contributed by atoms with van der Waals surface area (Å²) in [6.07, 6.45) is 6.18. The first-order valence-corrected chi connectivity index (χ1v) is 12.6. The molecule has 0 bridgehead atoms. The predicted molar refractivity (Wildman–Crippen MR) is 138 cm³/mol. The molecule has 0 saturated carbocycles. The van der Waals surface area contributed by atoms with Crippen molar-refractivity contribution in [1.29, 1.82) is 0 Å². The van der Waals surface area contributed by atoms with Crippen LogP contribution in [-0.2, 0) is 29.6 Å². The minimum atomic E-state index is -1.08. The van der Waals surface area contributed by atoms with Gasteiger partial charge in [0.05, 0.1) is 5.84 Å². The third-order valence-corrected chi connectivity index (χ3v) is 7.97. The van der Waals surface area contributed by atoms with E-state index in [1.165, 1.54) is 17.3 Å². The molecule has 35 heavy (non-hydrogen) atoms. The molecule has 5 rings (SSSR count). The summed E-state index contributed by atoms with van der Waals surface area (Å²) in [7, 11) is 0. The maximum Gasteiger partial charge on any atom is 0.220 e. The second-order valence-corrected chi connectivity index (χ2v) is 9.90. The molecule has 3 atom stereocenters. The molecule has 0 saturated heterocycles. The van der Waals surface area contributed by atoms with Gasteiger partial charge in [0.1, 0.15) is 5.54 Å². The van der Waals surface area contributed by atoms with E-state index < -0.39 is 11.5 Å². The second-order valence-electron chi connectivity index (χ2n) is 9.90. The van der Waals surface area contributed by atoms with E-state index >= 15 is 0 Å². The molecule has 4 nitrogen and oxygen atoms in total. The largest absolute Gasteiger partial charge is 0.387 e. The van der Waals surface area contributed by atoms with Crippen LogP contribution in [0.15, 0.2) is 65.8 Å². The smallest absolute Gasteiger partial charge is 0.220 e. The highest BCUT2D eigenvalue weighted by atomic mass is 19.1. The average molecular weight is 470 g/mol. The Morgan fingerprint density at radius 2 is 1.77 bits per heavy atom. The van der Waals surface area contributed by atoms with Gasteiger partial charge in [0, 0.05) is 23.6 Å². The highest BCUT2D eigenvalue weighted by molar-refractivity contribution is 6.02. The van der Waals surface area contributed by atoms with E-state index in [0.29, 0.717) is 29.8 Å². The van der Waals surface area contributed by atoms with Crippen molar-refractivity contribution in [3.05, 3.63) is 89.0 Å². The summed E-state index contributed by atoms with van der Waals surface area (Å²) in [6, 6.07) is 17.9. The number of nitrogens with zero attached hydrogens (tertiary/aromatic N) is 2. The Labute approximate surface area is 206 Å². The molecule has 1 aliphatic carbocycles. The topological polar surface area (TPSA) is 68.3 Å². The van der Waals surface area contributed by atoms with Crippen LogP contribution in [0.2, 0.25) is 0 Å². The van der Waals surface area contributed by atoms with Gasteiger partial charge in [-0.3, -0.25) is 9.79 Å². The summed E-state index contributed by atoms with van der Waals surface area (Å²) in [5, 5.41) is 0. The summed E-state index contributed by atoms with van der Waals surface area (Å²) in [6.45, 7) is 4.04. The quantitative estimate of drug-likeness (QED) is 0.482. The summed E-state index contributed by atoms with van der Waals surface area (Å²) in [4.78, 5) is 23.1. The number of Topliss-reactive ketones (excluding diaryl/α,β-unsaturated/α-hetero) is 1. The number of halogens is 1. The highest BCUT2D eigenvalue weighted by Gasteiger charge is 2.49. The van der Waals surface area contributed by atoms with Gasteiger partial charge in [-0.15, -0.1) is 0 Å². The van der Waals surface area contributed by atoms with Gasteiger partial charge in [0.15, 0.2) is 5.78 Å². The minimum absolute atomic E-state index is 0.0942. The molecule has 3 unspecified atom stereocenters. The van der Waals surface area contributed by atoms with Crippen LogP contribution in [0.3, 0.4) is 0 Å². The molecule has 1 aromatic heterocycles. The van der Waals surface area contributed by atoms with Crippen LogP contribution < -0.4 is 5.73 Å². The fourth-order valence-electron chi connectivity index (χ4n) is 5.94. The maximum absolute atomic E-state index is 14.7. The number of carbonyl (C=O) groups excluding carboxylic acids is 1. The fraction of sp³-hybridized carbons (Fsp3) is 0.367. The number of amidine groups is 1. The molecule has 3 aromatic rings. The Morgan fingerprint density at radius 1 is 1.03 bits per heavy atom. The monoisotopic (exact) mass is 469 g/mol. The number of benzene rings is 2. The molecule has 0 radical (unpaired) electrons. The van der Waals surface area contributed by atoms with Crippen LogP contribution in [0.4, 0.5) is 4.39 Å². The molecule has 2 N–H and O–H groups in total. The summed E-state index contributed by atoms with van der Waals surface area (Å²) in [5.41, 5.74) is 11.1. The highest BCUT2D eigenvalue weighted by Crippen LogP contribution is 2.44. The molecule has 5 heteroatoms. The zero-order chi connectivity index (χ0) is 24.6. The number of hydrogen-bond acceptors (Lipinski definition) is 4. The number of carbonyl (C=O) groups is 1. The number of aliphatic imine (C=N–C) groups is 1. The first-order chi connectivity index (χ1) is 16.9. The van der Waals surface area contributed by atoms with Crippen LogP contribution >= 0.6 is 0 Å². The minimum Gasteiger partial charge on any atom is -0.387 e. The molecule has 0 amide bonds. The number of fused-ring (bicyclic) bond motifs is 3. The van der Waals surface area contributed by atoms with Crippen molar-refractivity contribution in [3.63, 3.8) is 0 Å². The standard InChI is InChI=1S/C30H32FN3O/c1-3-24-19(2)29(32)34-30(27(24)35)16-15-21-9-5-4-8-20(21)10-6-11-22-13-14-23(18-26(22)30)25-12-7-17-33-28(25)31/h4-5,7-9,12-14,17-19,24H,3,6,10-11,15-16H2,1-2H3,(H2,32,34). The molecule has 1 spiro atoms. The lowest BCUT2D eigenvalue weighted by Gasteiger charge is -2.41. The molecule has 0 fully saturated rings. The third kappa shape index (κ3) is 4.07. The van der Waals surface area contributed by atoms with Crippen LogP contribution in [-0.4, -0.2) is 16.6 Å². The third-order valence-electron chi connectivity index (χ3n) is 7.97. The van der Waals surface area contributed by atoms with Crippen molar-refractivity contribution in [3.8, 4) is 11.1 Å². The normalized spacial score (nSPS) is 24.4. The van der Waals surface area contributed by atoms with Gasteiger partial charge < -0.3 is 5.73 Å². The Kier molecular flexibility index (Phi) is 6.26. The number of nitrogens with two attached hydrogens (primary N) is 1. The summed E-state index contributed by atoms with van der Waals surface area (Å²) >= 11 is 0. The predicted octanol–water partition coefficient (Wildman–Crippen LogP) is 5.81. The van der Waals surface area contributed by atoms with Gasteiger partial charge in [0.25, 0.3) is 0 Å². The van der Waals surface area contributed by atoms with Crippen molar-refractivity contribution in [2.24, 2.45) is 22.6 Å². The van der Waals surface area contributed by atoms with Crippen LogP contribution in [0, 0.1) is 17.8 Å². The number of hydrogen-bond donors (Lipinski definition) is 1. The SMILES string of the molecule is CCC1C(=O)C2(CCc3ccccc3CCCc3ccc(-c4cccnc4F)cc32)N=C(N)C1C. The molecular formula is C30H32FN3O. The van der Waals surface area contributed by atoms with Crippen molar-refractivity contribution in [2.75, 3.05) is 0 Å². The first-order valence-electron chi connectivity index (χ1n) is 12.6. The Morgan fingerprint density at radius 3 is 2.51 bits per heavy atom. The van der Waals surface area contributed by atoms with Gasteiger partial charge in [-0.2, -0.15) is 4.39 Å². The lowest BCUT2D eigenvalue weighted by molar-refractivity contribution is -0.130. The van der Waals surface area contributed by atoms with Crippen molar-refractivity contribution >= 4 is 11.6 Å². The van der Waals surface area contributed by atoms with E-state index in [9.17, 15) is 9.18 Å². The van der Waals surface area contributed by atoms with E-state index in [2.05, 4.69) is 29.2 Å². The lowest BCUT2D eigenvalue weighted by atomic mass is 9.68. The van der Waals surface area contributed by atoms with Crippen LogP contribution in [0.25, 0.3) is 11.1 Å². The second kappa shape index (κ2) is 9.37. The van der Waals surface area contributed by atoms with Gasteiger partial charge in [0.2, 0.25) is 5.95 Å². The van der Waals surface area contributed by atoms with Crippen LogP contribution in [0.5, 0.6) is 0 Å². The van der Waals surface area contributed by atoms with Crippen molar-refractivity contribution in [2.45, 2.75) is 57.9 Å². The molecule has 2 aliphatic rings. The number of aromatic nitrogens is 1. The van der Waals surface area contributed by atoms with E-state index in [0.717, 1.165) is 36.8 Å². The van der Waals surface area contributed by atoms with Gasteiger partial charge in [-0.25, -0.2) is 4.98 Å². The summed E-state index contributed by atoms with van der Waals surface area (Å²) < 4.78 is 14.7. The van der Waals surface area contributed by atoms with E-state index in [4.69, 9.17) is 10.7 Å². The van der Waals surface area contributed by atoms with Gasteiger partial charge in [-0.05, 0) is 84.5 Å². The zero-order valence-electron chi connectivity index (χ0n) is 20.4. The fourth-order valence-corrected chi connectivity index (χ4v) is 5.94. The molecule has 1 aliphatic heterocycles. The molecule has 2 aromatic carbocycles. The van der Waals surface area contributed by atoms with Gasteiger partial charge in [-0.1, -0.05) is 50.2 Å². The van der Waals surface area contributed by atoms with Crippen LogP contribution in [0.1, 0.15) is 55.4 Å². The Balaban J connectivity index is 1.74. The van der Waals surface area contributed by atoms with Crippen molar-refractivity contribution < 1.29 is 9.18 Å². The van der Waals surface area contributed by atoms with E-state index in [1.54, 1.807) is 12.1 Å². The average Bonchev–Trinajstić information content (AvgIpc) is 2.87. The number of rotatable bonds is 2. The Bertz CT molecular complexity index is 1300. The first kappa shape index (κ1) is 23.4. The van der Waals surface area contributed by atoms with Crippen molar-refractivity contribution in [1.82, 2.24) is 4.98 Å². The number of ketones is 1. The number of pyridine rings is 1. The van der Waals surface area contributed by atoms with Gasteiger partial charge >= 0.3 is 0 Å².